The van der Waals surface area contributed by atoms with Crippen LogP contribution in [0.2, 0.25) is 0 Å². The van der Waals surface area contributed by atoms with Crippen LogP contribution in [0.25, 0.3) is 0 Å². The monoisotopic (exact) mass is 169 g/mol. The number of rotatable bonds is 3. The van der Waals surface area contributed by atoms with Crippen molar-refractivity contribution in [3.05, 3.63) is 11.7 Å². The third kappa shape index (κ3) is 2.04. The molecule has 1 aromatic heterocycles. The Morgan fingerprint density at radius 2 is 2.17 bits per heavy atom. The van der Waals surface area contributed by atoms with Crippen LogP contribution in [-0.2, 0) is 12.0 Å². The molecule has 2 N–H and O–H groups in total. The molecule has 0 fully saturated rings. The molecular weight excluding hydrogens is 154 g/mol. The van der Waals surface area contributed by atoms with Crippen LogP contribution in [0, 0.1) is 0 Å². The lowest BCUT2D eigenvalue weighted by Gasteiger charge is -2.11. The second-order valence-corrected chi connectivity index (χ2v) is 3.48. The van der Waals surface area contributed by atoms with Gasteiger partial charge in [-0.2, -0.15) is 4.98 Å². The van der Waals surface area contributed by atoms with E-state index in [2.05, 4.69) is 17.1 Å². The van der Waals surface area contributed by atoms with E-state index in [0.717, 1.165) is 12.8 Å². The average Bonchev–Trinajstić information content (AvgIpc) is 2.35. The van der Waals surface area contributed by atoms with Crippen LogP contribution in [-0.4, -0.2) is 10.1 Å². The predicted molar refractivity (Wildman–Crippen MR) is 45.5 cm³/mol. The fourth-order valence-corrected chi connectivity index (χ4v) is 0.832. The Hall–Kier alpha value is -0.900. The highest BCUT2D eigenvalue weighted by Crippen LogP contribution is 2.12. The third-order valence-corrected chi connectivity index (χ3v) is 1.51. The minimum Gasteiger partial charge on any atom is -0.339 e. The lowest BCUT2D eigenvalue weighted by atomic mass is 10.1. The normalized spacial score (nSPS) is 12.0. The minimum atomic E-state index is -0.504. The van der Waals surface area contributed by atoms with Crippen molar-refractivity contribution < 1.29 is 4.52 Å². The zero-order valence-electron chi connectivity index (χ0n) is 7.79. The molecule has 0 aliphatic carbocycles. The molecule has 0 aliphatic heterocycles. The second-order valence-electron chi connectivity index (χ2n) is 3.48. The van der Waals surface area contributed by atoms with Crippen molar-refractivity contribution in [1.29, 1.82) is 0 Å². The van der Waals surface area contributed by atoms with Crippen LogP contribution in [0.1, 0.15) is 38.9 Å². The number of nitrogens with zero attached hydrogens (tertiary/aromatic N) is 2. The van der Waals surface area contributed by atoms with Crippen molar-refractivity contribution in [3.8, 4) is 0 Å². The highest BCUT2D eigenvalue weighted by molar-refractivity contribution is 4.98. The van der Waals surface area contributed by atoms with Gasteiger partial charge in [0.05, 0.1) is 5.54 Å². The highest BCUT2D eigenvalue weighted by Gasteiger charge is 2.20. The van der Waals surface area contributed by atoms with E-state index < -0.39 is 5.54 Å². The second kappa shape index (κ2) is 3.23. The lowest BCUT2D eigenvalue weighted by molar-refractivity contribution is 0.360. The number of hydrogen-bond acceptors (Lipinski definition) is 4. The summed E-state index contributed by atoms with van der Waals surface area (Å²) in [5, 5.41) is 3.79. The maximum atomic E-state index is 5.78. The van der Waals surface area contributed by atoms with Gasteiger partial charge in [0.25, 0.3) is 0 Å². The first-order chi connectivity index (χ1) is 5.54. The molecule has 0 aliphatic rings. The molecule has 4 nitrogen and oxygen atoms in total. The van der Waals surface area contributed by atoms with Gasteiger partial charge in [-0.05, 0) is 20.3 Å². The Morgan fingerprint density at radius 1 is 1.50 bits per heavy atom. The smallest absolute Gasteiger partial charge is 0.226 e. The first kappa shape index (κ1) is 9.19. The molecule has 0 bridgehead atoms. The SMILES string of the molecule is CCCc1nc(C(C)(C)N)no1. The summed E-state index contributed by atoms with van der Waals surface area (Å²) < 4.78 is 4.99. The molecule has 68 valence electrons. The summed E-state index contributed by atoms with van der Waals surface area (Å²) in [5.41, 5.74) is 5.28. The molecule has 0 unspecified atom stereocenters. The van der Waals surface area contributed by atoms with Crippen LogP contribution in [0.4, 0.5) is 0 Å². The molecule has 0 aromatic carbocycles. The van der Waals surface area contributed by atoms with Gasteiger partial charge in [-0.1, -0.05) is 12.1 Å². The van der Waals surface area contributed by atoms with Crippen LogP contribution in [0.15, 0.2) is 4.52 Å². The molecule has 0 amide bonds. The van der Waals surface area contributed by atoms with Gasteiger partial charge < -0.3 is 10.3 Å². The van der Waals surface area contributed by atoms with Crippen LogP contribution < -0.4 is 5.73 Å². The largest absolute Gasteiger partial charge is 0.339 e. The number of aromatic nitrogens is 2. The third-order valence-electron chi connectivity index (χ3n) is 1.51. The van der Waals surface area contributed by atoms with Gasteiger partial charge in [0.2, 0.25) is 5.89 Å². The van der Waals surface area contributed by atoms with Crippen LogP contribution >= 0.6 is 0 Å². The predicted octanol–water partition coefficient (Wildman–Crippen LogP) is 1.22. The summed E-state index contributed by atoms with van der Waals surface area (Å²) in [5.74, 6) is 1.25. The molecule has 1 rings (SSSR count). The fourth-order valence-electron chi connectivity index (χ4n) is 0.832. The topological polar surface area (TPSA) is 64.9 Å². The van der Waals surface area contributed by atoms with Crippen LogP contribution in [0.3, 0.4) is 0 Å². The van der Waals surface area contributed by atoms with Gasteiger partial charge in [-0.15, -0.1) is 0 Å². The van der Waals surface area contributed by atoms with Gasteiger partial charge in [0, 0.05) is 6.42 Å². The van der Waals surface area contributed by atoms with Crippen molar-refractivity contribution in [1.82, 2.24) is 10.1 Å². The molecule has 1 aromatic rings. The summed E-state index contributed by atoms with van der Waals surface area (Å²) in [7, 11) is 0. The van der Waals surface area contributed by atoms with Gasteiger partial charge in [0.1, 0.15) is 0 Å². The summed E-state index contributed by atoms with van der Waals surface area (Å²) in [6, 6.07) is 0. The Bertz CT molecular complexity index is 249. The quantitative estimate of drug-likeness (QED) is 0.738. The standard InChI is InChI=1S/C8H15N3O/c1-4-5-6-10-7(11-12-6)8(2,3)9/h4-5,9H2,1-3H3. The first-order valence-electron chi connectivity index (χ1n) is 4.16. The zero-order valence-corrected chi connectivity index (χ0v) is 7.79. The first-order valence-corrected chi connectivity index (χ1v) is 4.16. The molecule has 0 spiro atoms. The molecule has 0 atom stereocenters. The maximum absolute atomic E-state index is 5.78. The molecule has 0 radical (unpaired) electrons. The summed E-state index contributed by atoms with van der Waals surface area (Å²) in [4.78, 5) is 4.17. The van der Waals surface area contributed by atoms with Gasteiger partial charge in [-0.25, -0.2) is 0 Å². The molecule has 1 heterocycles. The van der Waals surface area contributed by atoms with Gasteiger partial charge in [-0.3, -0.25) is 0 Å². The molecule has 0 saturated heterocycles. The van der Waals surface area contributed by atoms with E-state index in [-0.39, 0.29) is 0 Å². The zero-order chi connectivity index (χ0) is 9.19. The molecule has 12 heavy (non-hydrogen) atoms. The van der Waals surface area contributed by atoms with Gasteiger partial charge in [0.15, 0.2) is 5.82 Å². The molecule has 0 saturated carbocycles. The highest BCUT2D eigenvalue weighted by atomic mass is 16.5. The van der Waals surface area contributed by atoms with E-state index in [1.807, 2.05) is 13.8 Å². The van der Waals surface area contributed by atoms with Crippen molar-refractivity contribution >= 4 is 0 Å². The number of nitrogens with two attached hydrogens (primary N) is 1. The Labute approximate surface area is 72.1 Å². The number of hydrogen-bond donors (Lipinski definition) is 1. The van der Waals surface area contributed by atoms with Crippen molar-refractivity contribution in [3.63, 3.8) is 0 Å². The van der Waals surface area contributed by atoms with Gasteiger partial charge >= 0.3 is 0 Å². The fraction of sp³-hybridized carbons (Fsp3) is 0.750. The van der Waals surface area contributed by atoms with E-state index in [9.17, 15) is 0 Å². The summed E-state index contributed by atoms with van der Waals surface area (Å²) in [6.07, 6.45) is 1.83. The van der Waals surface area contributed by atoms with E-state index in [4.69, 9.17) is 10.3 Å². The maximum Gasteiger partial charge on any atom is 0.226 e. The van der Waals surface area contributed by atoms with E-state index in [0.29, 0.717) is 11.7 Å². The Morgan fingerprint density at radius 3 is 2.58 bits per heavy atom. The Kier molecular flexibility index (Phi) is 2.47. The van der Waals surface area contributed by atoms with Crippen molar-refractivity contribution in [2.24, 2.45) is 5.73 Å². The van der Waals surface area contributed by atoms with Crippen molar-refractivity contribution in [2.45, 2.75) is 39.2 Å². The van der Waals surface area contributed by atoms with Crippen molar-refractivity contribution in [2.75, 3.05) is 0 Å². The molecule has 4 heteroatoms. The van der Waals surface area contributed by atoms with E-state index >= 15 is 0 Å². The molecular formula is C8H15N3O. The van der Waals surface area contributed by atoms with Crippen LogP contribution in [0.5, 0.6) is 0 Å². The summed E-state index contributed by atoms with van der Waals surface area (Å²) in [6.45, 7) is 5.78. The summed E-state index contributed by atoms with van der Waals surface area (Å²) >= 11 is 0. The Balaban J connectivity index is 2.77. The minimum absolute atomic E-state index is 0.504. The van der Waals surface area contributed by atoms with E-state index in [1.165, 1.54) is 0 Å². The lowest BCUT2D eigenvalue weighted by Crippen LogP contribution is -2.30. The number of aryl methyl sites for hydroxylation is 1. The van der Waals surface area contributed by atoms with E-state index in [1.54, 1.807) is 0 Å². The average molecular weight is 169 g/mol.